The fourth-order valence-corrected chi connectivity index (χ4v) is 2.14. The van der Waals surface area contributed by atoms with Crippen LogP contribution in [-0.4, -0.2) is 29.3 Å². The predicted molar refractivity (Wildman–Crippen MR) is 75.9 cm³/mol. The van der Waals surface area contributed by atoms with Crippen LogP contribution < -0.4 is 5.32 Å². The molecule has 1 amide bonds. The molecule has 0 aromatic carbocycles. The number of esters is 1. The Balaban J connectivity index is 2.62. The molecule has 1 aromatic rings. The Morgan fingerprint density at radius 1 is 1.45 bits per heavy atom. The second-order valence-corrected chi connectivity index (χ2v) is 6.21. The maximum Gasteiger partial charge on any atom is 0.408 e. The number of aromatic nitrogens is 1. The molecule has 112 valence electrons. The van der Waals surface area contributed by atoms with Crippen LogP contribution in [0.4, 0.5) is 4.79 Å². The van der Waals surface area contributed by atoms with Crippen LogP contribution in [0.15, 0.2) is 6.20 Å². The van der Waals surface area contributed by atoms with E-state index in [4.69, 9.17) is 9.47 Å². The Bertz CT molecular complexity index is 479. The van der Waals surface area contributed by atoms with Crippen LogP contribution in [0.2, 0.25) is 0 Å². The van der Waals surface area contributed by atoms with Crippen molar-refractivity contribution in [3.63, 3.8) is 0 Å². The Kier molecular flexibility index (Phi) is 5.50. The molecule has 1 aromatic heterocycles. The van der Waals surface area contributed by atoms with Gasteiger partial charge in [0.25, 0.3) is 0 Å². The van der Waals surface area contributed by atoms with Crippen molar-refractivity contribution in [2.24, 2.45) is 0 Å². The lowest BCUT2D eigenvalue weighted by molar-refractivity contribution is 0.0504. The number of rotatable bonds is 4. The minimum atomic E-state index is -0.553. The summed E-state index contributed by atoms with van der Waals surface area (Å²) in [4.78, 5) is 27.7. The van der Waals surface area contributed by atoms with Crippen molar-refractivity contribution in [3.8, 4) is 0 Å². The molecule has 1 heterocycles. The highest BCUT2D eigenvalue weighted by Gasteiger charge is 2.20. The number of amides is 1. The number of carbonyl (C=O) groups excluding carboxylic acids is 2. The van der Waals surface area contributed by atoms with E-state index in [0.717, 1.165) is 0 Å². The lowest BCUT2D eigenvalue weighted by Gasteiger charge is -2.21. The van der Waals surface area contributed by atoms with E-state index in [2.05, 4.69) is 10.3 Å². The zero-order chi connectivity index (χ0) is 15.3. The van der Waals surface area contributed by atoms with Gasteiger partial charge < -0.3 is 14.8 Å². The number of hydrogen-bond donors (Lipinski definition) is 1. The van der Waals surface area contributed by atoms with E-state index in [1.807, 2.05) is 0 Å². The van der Waals surface area contributed by atoms with Crippen molar-refractivity contribution in [1.82, 2.24) is 10.3 Å². The number of nitrogens with zero attached hydrogens (tertiary/aromatic N) is 1. The number of carbonyl (C=O) groups is 2. The molecule has 6 nitrogen and oxygen atoms in total. The minimum absolute atomic E-state index is 0.317. The molecule has 20 heavy (non-hydrogen) atoms. The SMILES string of the molecule is CCOC(=O)c1cnc([C@H](C)NC(=O)OC(C)(C)C)s1. The van der Waals surface area contributed by atoms with Gasteiger partial charge in [0, 0.05) is 0 Å². The minimum Gasteiger partial charge on any atom is -0.462 e. The van der Waals surface area contributed by atoms with Crippen LogP contribution in [0.25, 0.3) is 0 Å². The molecule has 1 atom stereocenters. The number of alkyl carbamates (subject to hydrolysis) is 1. The first-order valence-corrected chi connectivity index (χ1v) is 7.17. The van der Waals surface area contributed by atoms with Gasteiger partial charge in [-0.25, -0.2) is 14.6 Å². The molecule has 0 radical (unpaired) electrons. The van der Waals surface area contributed by atoms with Crippen molar-refractivity contribution < 1.29 is 19.1 Å². The number of ether oxygens (including phenoxy) is 2. The highest BCUT2D eigenvalue weighted by Crippen LogP contribution is 2.21. The van der Waals surface area contributed by atoms with Gasteiger partial charge in [-0.2, -0.15) is 0 Å². The zero-order valence-corrected chi connectivity index (χ0v) is 13.2. The summed E-state index contributed by atoms with van der Waals surface area (Å²) in [5, 5.41) is 3.30. The van der Waals surface area contributed by atoms with Crippen LogP contribution in [0, 0.1) is 0 Å². The van der Waals surface area contributed by atoms with Gasteiger partial charge in [-0.3, -0.25) is 0 Å². The van der Waals surface area contributed by atoms with E-state index in [1.165, 1.54) is 17.5 Å². The first-order valence-electron chi connectivity index (χ1n) is 6.35. The molecule has 0 saturated heterocycles. The largest absolute Gasteiger partial charge is 0.462 e. The predicted octanol–water partition coefficient (Wildman–Crippen LogP) is 2.91. The summed E-state index contributed by atoms with van der Waals surface area (Å²) in [6.45, 7) is 9.21. The second-order valence-electron chi connectivity index (χ2n) is 5.15. The van der Waals surface area contributed by atoms with E-state index in [0.29, 0.717) is 16.5 Å². The lowest BCUT2D eigenvalue weighted by Crippen LogP contribution is -2.33. The normalized spacial score (nSPS) is 12.7. The standard InChI is InChI=1S/C13H20N2O4S/c1-6-18-11(16)9-7-14-10(20-9)8(2)15-12(17)19-13(3,4)5/h7-8H,6H2,1-5H3,(H,15,17)/t8-/m0/s1. The Hall–Kier alpha value is -1.63. The molecule has 7 heteroatoms. The highest BCUT2D eigenvalue weighted by molar-refractivity contribution is 7.13. The number of hydrogen-bond acceptors (Lipinski definition) is 6. The van der Waals surface area contributed by atoms with Gasteiger partial charge in [0.2, 0.25) is 0 Å². The highest BCUT2D eigenvalue weighted by atomic mass is 32.1. The molecule has 0 aliphatic heterocycles. The van der Waals surface area contributed by atoms with Crippen LogP contribution in [0.1, 0.15) is 55.3 Å². The third-order valence-electron chi connectivity index (χ3n) is 2.10. The summed E-state index contributed by atoms with van der Waals surface area (Å²) < 4.78 is 10.0. The molecule has 1 N–H and O–H groups in total. The third kappa shape index (κ3) is 5.16. The number of nitrogens with one attached hydrogen (secondary N) is 1. The van der Waals surface area contributed by atoms with E-state index in [1.54, 1.807) is 34.6 Å². The van der Waals surface area contributed by atoms with Crippen molar-refractivity contribution in [2.45, 2.75) is 46.3 Å². The molecule has 0 saturated carbocycles. The molecule has 0 spiro atoms. The molecule has 0 aliphatic rings. The summed E-state index contributed by atoms with van der Waals surface area (Å²) >= 11 is 1.19. The van der Waals surface area contributed by atoms with Crippen LogP contribution in [0.5, 0.6) is 0 Å². The molecule has 0 aliphatic carbocycles. The van der Waals surface area contributed by atoms with E-state index >= 15 is 0 Å². The molecule has 0 unspecified atom stereocenters. The summed E-state index contributed by atoms with van der Waals surface area (Å²) in [7, 11) is 0. The second kappa shape index (κ2) is 6.69. The van der Waals surface area contributed by atoms with Crippen molar-refractivity contribution in [3.05, 3.63) is 16.1 Å². The van der Waals surface area contributed by atoms with Crippen LogP contribution in [0.3, 0.4) is 0 Å². The number of thiazole rings is 1. The summed E-state index contributed by atoms with van der Waals surface area (Å²) in [6.07, 6.45) is 0.934. The molecule has 1 rings (SSSR count). The summed E-state index contributed by atoms with van der Waals surface area (Å²) in [5.74, 6) is -0.402. The average molecular weight is 300 g/mol. The zero-order valence-electron chi connectivity index (χ0n) is 12.4. The van der Waals surface area contributed by atoms with Gasteiger partial charge in [0.15, 0.2) is 0 Å². The quantitative estimate of drug-likeness (QED) is 0.865. The van der Waals surface area contributed by atoms with E-state index in [-0.39, 0.29) is 6.04 Å². The third-order valence-corrected chi connectivity index (χ3v) is 3.26. The van der Waals surface area contributed by atoms with Crippen molar-refractivity contribution in [1.29, 1.82) is 0 Å². The van der Waals surface area contributed by atoms with E-state index in [9.17, 15) is 9.59 Å². The fourth-order valence-electron chi connectivity index (χ4n) is 1.33. The lowest BCUT2D eigenvalue weighted by atomic mass is 10.2. The van der Waals surface area contributed by atoms with Gasteiger partial charge >= 0.3 is 12.1 Å². The maximum absolute atomic E-state index is 11.6. The molecular weight excluding hydrogens is 280 g/mol. The van der Waals surface area contributed by atoms with Crippen molar-refractivity contribution in [2.75, 3.05) is 6.61 Å². The smallest absolute Gasteiger partial charge is 0.408 e. The summed E-state index contributed by atoms with van der Waals surface area (Å²) in [6, 6.07) is -0.335. The van der Waals surface area contributed by atoms with Gasteiger partial charge in [-0.1, -0.05) is 0 Å². The average Bonchev–Trinajstić information content (AvgIpc) is 2.75. The molecular formula is C13H20N2O4S. The Morgan fingerprint density at radius 2 is 2.10 bits per heavy atom. The topological polar surface area (TPSA) is 77.5 Å². The van der Waals surface area contributed by atoms with Gasteiger partial charge in [0.1, 0.15) is 15.5 Å². The summed E-state index contributed by atoms with van der Waals surface area (Å²) in [5.41, 5.74) is -0.553. The maximum atomic E-state index is 11.6. The van der Waals surface area contributed by atoms with Gasteiger partial charge in [-0.15, -0.1) is 11.3 Å². The monoisotopic (exact) mass is 300 g/mol. The Labute approximate surface area is 122 Å². The first-order chi connectivity index (χ1) is 9.23. The Morgan fingerprint density at radius 3 is 2.65 bits per heavy atom. The first kappa shape index (κ1) is 16.4. The fraction of sp³-hybridized carbons (Fsp3) is 0.615. The van der Waals surface area contributed by atoms with Crippen LogP contribution in [-0.2, 0) is 9.47 Å². The van der Waals surface area contributed by atoms with Crippen LogP contribution >= 0.6 is 11.3 Å². The van der Waals surface area contributed by atoms with E-state index < -0.39 is 17.7 Å². The van der Waals surface area contributed by atoms with Gasteiger partial charge in [-0.05, 0) is 34.6 Å². The molecule has 0 bridgehead atoms. The van der Waals surface area contributed by atoms with Crippen molar-refractivity contribution >= 4 is 23.4 Å². The molecule has 0 fully saturated rings. The van der Waals surface area contributed by atoms with Gasteiger partial charge in [0.05, 0.1) is 18.8 Å².